The summed E-state index contributed by atoms with van der Waals surface area (Å²) < 4.78 is 18.8. The number of benzene rings is 1. The third-order valence-corrected chi connectivity index (χ3v) is 2.57. The highest BCUT2D eigenvalue weighted by molar-refractivity contribution is 5.90. The Bertz CT molecular complexity index is 524. The molecule has 0 fully saturated rings. The quantitative estimate of drug-likeness (QED) is 0.645. The van der Waals surface area contributed by atoms with Crippen molar-refractivity contribution in [3.05, 3.63) is 54.1 Å². The maximum absolute atomic E-state index is 13.4. The highest BCUT2D eigenvalue weighted by Crippen LogP contribution is 2.18. The monoisotopic (exact) mass is 277 g/mol. The van der Waals surface area contributed by atoms with Crippen LogP contribution in [-0.2, 0) is 0 Å². The molecule has 1 aliphatic rings. The Hall–Kier alpha value is -2.14. The lowest BCUT2D eigenvalue weighted by atomic mass is 10.1. The Morgan fingerprint density at radius 2 is 2.00 bits per heavy atom. The van der Waals surface area contributed by atoms with Gasteiger partial charge in [0, 0.05) is 5.92 Å². The Balaban J connectivity index is 0.000000956. The zero-order chi connectivity index (χ0) is 15.0. The molecule has 1 aromatic carbocycles. The Kier molecular flexibility index (Phi) is 6.46. The predicted molar refractivity (Wildman–Crippen MR) is 79.5 cm³/mol. The lowest BCUT2D eigenvalue weighted by Gasteiger charge is -2.07. The second kappa shape index (κ2) is 8.12. The number of hydrogen-bond donors (Lipinski definition) is 2. The number of para-hydroxylation sites is 1. The number of hydrogen-bond acceptors (Lipinski definition) is 4. The molecule has 2 rings (SSSR count). The first-order valence-corrected chi connectivity index (χ1v) is 6.56. The minimum absolute atomic E-state index is 0.0977. The van der Waals surface area contributed by atoms with E-state index in [1.54, 1.807) is 30.5 Å². The molecule has 0 amide bonds. The van der Waals surface area contributed by atoms with Crippen LogP contribution < -0.4 is 16.0 Å². The van der Waals surface area contributed by atoms with E-state index in [2.05, 4.69) is 10.4 Å². The van der Waals surface area contributed by atoms with Crippen LogP contribution in [0.5, 0.6) is 5.75 Å². The number of allylic oxidation sites excluding steroid dienone is 1. The van der Waals surface area contributed by atoms with Crippen LogP contribution in [0.4, 0.5) is 4.39 Å². The van der Waals surface area contributed by atoms with Gasteiger partial charge in [-0.15, -0.1) is 0 Å². The number of rotatable bonds is 2. The molecule has 108 valence electrons. The molecule has 5 heteroatoms. The summed E-state index contributed by atoms with van der Waals surface area (Å²) in [5.41, 5.74) is 3.33. The third kappa shape index (κ3) is 4.20. The molecule has 0 aliphatic carbocycles. The molecule has 1 aromatic rings. The van der Waals surface area contributed by atoms with Crippen molar-refractivity contribution >= 4 is 5.90 Å². The van der Waals surface area contributed by atoms with Crippen LogP contribution in [0.15, 0.2) is 53.3 Å². The fraction of sp³-hybridized carbons (Fsp3) is 0.267. The summed E-state index contributed by atoms with van der Waals surface area (Å²) in [4.78, 5) is 4.10. The van der Waals surface area contributed by atoms with E-state index in [1.807, 2.05) is 26.8 Å². The average Bonchev–Trinajstić information content (AvgIpc) is 2.66. The minimum atomic E-state index is -0.424. The van der Waals surface area contributed by atoms with Crippen LogP contribution in [0, 0.1) is 11.7 Å². The van der Waals surface area contributed by atoms with Gasteiger partial charge in [-0.1, -0.05) is 39.0 Å². The smallest absolute Gasteiger partial charge is 0.219 e. The van der Waals surface area contributed by atoms with E-state index in [1.165, 1.54) is 6.07 Å². The molecule has 1 heterocycles. The number of nitrogens with two attached hydrogens (primary N) is 1. The molecule has 4 nitrogen and oxygen atoms in total. The van der Waals surface area contributed by atoms with E-state index in [4.69, 9.17) is 10.6 Å². The van der Waals surface area contributed by atoms with Gasteiger partial charge < -0.3 is 10.2 Å². The van der Waals surface area contributed by atoms with Crippen molar-refractivity contribution in [2.45, 2.75) is 20.8 Å². The minimum Gasteiger partial charge on any atom is -0.436 e. The van der Waals surface area contributed by atoms with Crippen LogP contribution in [0.3, 0.4) is 0 Å². The van der Waals surface area contributed by atoms with Crippen molar-refractivity contribution in [3.63, 3.8) is 0 Å². The lowest BCUT2D eigenvalue weighted by Crippen LogP contribution is -2.24. The van der Waals surface area contributed by atoms with E-state index < -0.39 is 5.82 Å². The standard InChI is InChI=1S/C13H14FN3O.C2H6/c1-9-6-7-13(16-8-11(9)17-15)18-12-5-3-2-4-10(12)14;1-2/h2-9,17H,15H2,1H3;1-2H3. The van der Waals surface area contributed by atoms with Crippen LogP contribution in [0.1, 0.15) is 20.8 Å². The summed E-state index contributed by atoms with van der Waals surface area (Å²) in [5, 5.41) is 0. The van der Waals surface area contributed by atoms with Gasteiger partial charge in [0.2, 0.25) is 5.90 Å². The summed E-state index contributed by atoms with van der Waals surface area (Å²) in [7, 11) is 0. The molecule has 0 radical (unpaired) electrons. The number of nitrogens with zero attached hydrogens (tertiary/aromatic N) is 1. The van der Waals surface area contributed by atoms with E-state index in [9.17, 15) is 4.39 Å². The van der Waals surface area contributed by atoms with Gasteiger partial charge in [0.15, 0.2) is 11.6 Å². The van der Waals surface area contributed by atoms with E-state index in [-0.39, 0.29) is 11.7 Å². The number of hydrazine groups is 1. The second-order valence-corrected chi connectivity index (χ2v) is 3.88. The van der Waals surface area contributed by atoms with Crippen molar-refractivity contribution in [1.29, 1.82) is 0 Å². The summed E-state index contributed by atoms with van der Waals surface area (Å²) in [6.45, 7) is 5.96. The largest absolute Gasteiger partial charge is 0.436 e. The maximum Gasteiger partial charge on any atom is 0.219 e. The molecule has 1 aliphatic heterocycles. The highest BCUT2D eigenvalue weighted by Gasteiger charge is 2.10. The molecule has 0 saturated heterocycles. The van der Waals surface area contributed by atoms with Gasteiger partial charge in [0.1, 0.15) is 0 Å². The second-order valence-electron chi connectivity index (χ2n) is 3.88. The Labute approximate surface area is 118 Å². The van der Waals surface area contributed by atoms with Gasteiger partial charge in [-0.2, -0.15) is 0 Å². The van der Waals surface area contributed by atoms with E-state index in [0.29, 0.717) is 5.90 Å². The third-order valence-electron chi connectivity index (χ3n) is 2.57. The van der Waals surface area contributed by atoms with Crippen LogP contribution in [0.2, 0.25) is 0 Å². The van der Waals surface area contributed by atoms with Crippen molar-refractivity contribution in [1.82, 2.24) is 5.43 Å². The SMILES string of the molecule is CC.CC1C=CC(Oc2ccccc2F)=NC=C1NN. The molecule has 3 N–H and O–H groups in total. The average molecular weight is 277 g/mol. The van der Waals surface area contributed by atoms with Gasteiger partial charge in [0.25, 0.3) is 0 Å². The van der Waals surface area contributed by atoms with Crippen molar-refractivity contribution in [2.75, 3.05) is 0 Å². The van der Waals surface area contributed by atoms with Crippen molar-refractivity contribution in [3.8, 4) is 5.75 Å². The molecular weight excluding hydrogens is 257 g/mol. The zero-order valence-corrected chi connectivity index (χ0v) is 11.9. The number of nitrogens with one attached hydrogen (secondary N) is 1. The van der Waals surface area contributed by atoms with Crippen molar-refractivity contribution < 1.29 is 9.13 Å². The Morgan fingerprint density at radius 1 is 1.30 bits per heavy atom. The Morgan fingerprint density at radius 3 is 2.65 bits per heavy atom. The molecule has 1 atom stereocenters. The molecule has 20 heavy (non-hydrogen) atoms. The zero-order valence-electron chi connectivity index (χ0n) is 11.9. The van der Waals surface area contributed by atoms with Gasteiger partial charge >= 0.3 is 0 Å². The first-order valence-electron chi connectivity index (χ1n) is 6.56. The molecule has 0 bridgehead atoms. The molecule has 0 spiro atoms. The molecule has 1 unspecified atom stereocenters. The number of ether oxygens (including phenoxy) is 1. The van der Waals surface area contributed by atoms with Crippen LogP contribution >= 0.6 is 0 Å². The topological polar surface area (TPSA) is 59.6 Å². The number of halogens is 1. The summed E-state index contributed by atoms with van der Waals surface area (Å²) in [6.07, 6.45) is 5.14. The summed E-state index contributed by atoms with van der Waals surface area (Å²) in [6, 6.07) is 6.18. The van der Waals surface area contributed by atoms with Gasteiger partial charge in [0.05, 0.1) is 11.9 Å². The fourth-order valence-corrected chi connectivity index (χ4v) is 1.49. The van der Waals surface area contributed by atoms with E-state index >= 15 is 0 Å². The molecule has 0 saturated carbocycles. The molecule has 0 aromatic heterocycles. The fourth-order valence-electron chi connectivity index (χ4n) is 1.49. The van der Waals surface area contributed by atoms with Crippen LogP contribution in [0.25, 0.3) is 0 Å². The maximum atomic E-state index is 13.4. The normalized spacial score (nSPS) is 17.1. The highest BCUT2D eigenvalue weighted by atomic mass is 19.1. The summed E-state index contributed by atoms with van der Waals surface area (Å²) >= 11 is 0. The van der Waals surface area contributed by atoms with Gasteiger partial charge in [-0.3, -0.25) is 5.84 Å². The lowest BCUT2D eigenvalue weighted by molar-refractivity contribution is 0.494. The summed E-state index contributed by atoms with van der Waals surface area (Å²) in [5.74, 6) is 5.50. The van der Waals surface area contributed by atoms with Crippen LogP contribution in [-0.4, -0.2) is 5.90 Å². The molecular formula is C15H20FN3O. The van der Waals surface area contributed by atoms with Gasteiger partial charge in [-0.05, 0) is 18.2 Å². The predicted octanol–water partition coefficient (Wildman–Crippen LogP) is 3.14. The van der Waals surface area contributed by atoms with Gasteiger partial charge in [-0.25, -0.2) is 9.38 Å². The van der Waals surface area contributed by atoms with E-state index in [0.717, 1.165) is 5.70 Å². The number of aliphatic imine (C=N–C) groups is 1. The van der Waals surface area contributed by atoms with Crippen molar-refractivity contribution in [2.24, 2.45) is 16.8 Å². The first kappa shape index (κ1) is 15.9. The first-order chi connectivity index (χ1) is 9.70.